The summed E-state index contributed by atoms with van der Waals surface area (Å²) >= 11 is 6.10. The molecule has 1 N–H and O–H groups in total. The van der Waals surface area contributed by atoms with Crippen molar-refractivity contribution in [3.05, 3.63) is 59.3 Å². The first kappa shape index (κ1) is 19.6. The number of hydrogen-bond acceptors (Lipinski definition) is 4. The van der Waals surface area contributed by atoms with E-state index in [4.69, 9.17) is 16.9 Å². The van der Waals surface area contributed by atoms with E-state index in [1.807, 2.05) is 49.7 Å². The third kappa shape index (κ3) is 4.41. The molecule has 3 rings (SSSR count). The Kier molecular flexibility index (Phi) is 5.81. The highest BCUT2D eigenvalue weighted by Gasteiger charge is 2.14. The molecule has 0 saturated heterocycles. The van der Waals surface area contributed by atoms with Crippen LogP contribution >= 0.6 is 11.6 Å². The van der Waals surface area contributed by atoms with Gasteiger partial charge < -0.3 is 9.88 Å². The summed E-state index contributed by atoms with van der Waals surface area (Å²) in [4.78, 5) is 16.5. The number of nitrogens with zero attached hydrogens (tertiary/aromatic N) is 5. The maximum atomic E-state index is 12.3. The first-order valence-corrected chi connectivity index (χ1v) is 9.33. The molecule has 1 amide bonds. The lowest BCUT2D eigenvalue weighted by Crippen LogP contribution is -2.36. The standard InChI is InChI=1S/C20H21ClN6O/c1-13(2)26-11-19(23-12-26)20(28)24-14(3)10-27-7-6-18(25-27)15-4-5-16(9-22)17(21)8-15/h4-8,11-14H,10H2,1-3H3,(H,24,28). The highest BCUT2D eigenvalue weighted by molar-refractivity contribution is 6.32. The SMILES string of the molecule is CC(Cn1ccc(-c2ccc(C#N)c(Cl)c2)n1)NC(=O)c1cn(C(C)C)cn1. The lowest BCUT2D eigenvalue weighted by atomic mass is 10.1. The number of carbonyl (C=O) groups excluding carboxylic acids is 1. The van der Waals surface area contributed by atoms with Crippen molar-refractivity contribution in [1.82, 2.24) is 24.6 Å². The van der Waals surface area contributed by atoms with Crippen LogP contribution in [0, 0.1) is 11.3 Å². The Bertz CT molecular complexity index is 1030. The minimum atomic E-state index is -0.210. The normalized spacial score (nSPS) is 12.0. The molecule has 3 aromatic rings. The van der Waals surface area contributed by atoms with Gasteiger partial charge >= 0.3 is 0 Å². The molecule has 0 radical (unpaired) electrons. The van der Waals surface area contributed by atoms with Crippen LogP contribution < -0.4 is 5.32 Å². The molecule has 0 aliphatic heterocycles. The van der Waals surface area contributed by atoms with Crippen LogP contribution in [0.15, 0.2) is 43.0 Å². The summed E-state index contributed by atoms with van der Waals surface area (Å²) in [5.41, 5.74) is 2.41. The van der Waals surface area contributed by atoms with Crippen molar-refractivity contribution in [2.75, 3.05) is 0 Å². The van der Waals surface area contributed by atoms with Crippen molar-refractivity contribution in [3.63, 3.8) is 0 Å². The van der Waals surface area contributed by atoms with Gasteiger partial charge in [-0.15, -0.1) is 0 Å². The van der Waals surface area contributed by atoms with Gasteiger partial charge in [-0.3, -0.25) is 9.48 Å². The molecule has 2 heterocycles. The average Bonchev–Trinajstić information content (AvgIpc) is 3.31. The molecule has 0 bridgehead atoms. The smallest absolute Gasteiger partial charge is 0.271 e. The number of aromatic nitrogens is 4. The first-order chi connectivity index (χ1) is 13.4. The Labute approximate surface area is 168 Å². The summed E-state index contributed by atoms with van der Waals surface area (Å²) < 4.78 is 3.65. The number of nitriles is 1. The molecule has 0 fully saturated rings. The van der Waals surface area contributed by atoms with Gasteiger partial charge in [-0.1, -0.05) is 17.7 Å². The van der Waals surface area contributed by atoms with Gasteiger partial charge in [0.25, 0.3) is 5.91 Å². The van der Waals surface area contributed by atoms with E-state index >= 15 is 0 Å². The second-order valence-corrected chi connectivity index (χ2v) is 7.31. The second kappa shape index (κ2) is 8.28. The second-order valence-electron chi connectivity index (χ2n) is 6.90. The summed E-state index contributed by atoms with van der Waals surface area (Å²) in [5, 5.41) is 16.8. The van der Waals surface area contributed by atoms with Gasteiger partial charge in [-0.25, -0.2) is 4.98 Å². The van der Waals surface area contributed by atoms with E-state index in [-0.39, 0.29) is 18.0 Å². The zero-order valence-electron chi connectivity index (χ0n) is 15.9. The maximum Gasteiger partial charge on any atom is 0.271 e. The fourth-order valence-corrected chi connectivity index (χ4v) is 2.97. The van der Waals surface area contributed by atoms with Crippen molar-refractivity contribution >= 4 is 17.5 Å². The van der Waals surface area contributed by atoms with E-state index in [2.05, 4.69) is 15.4 Å². The molecule has 7 nitrogen and oxygen atoms in total. The Morgan fingerprint density at radius 3 is 2.75 bits per heavy atom. The molecular formula is C20H21ClN6O. The van der Waals surface area contributed by atoms with Crippen molar-refractivity contribution in [3.8, 4) is 17.3 Å². The molecule has 0 aliphatic rings. The van der Waals surface area contributed by atoms with E-state index in [0.29, 0.717) is 22.8 Å². The summed E-state index contributed by atoms with van der Waals surface area (Å²) in [7, 11) is 0. The Hall–Kier alpha value is -3.11. The third-order valence-corrected chi connectivity index (χ3v) is 4.61. The van der Waals surface area contributed by atoms with E-state index < -0.39 is 0 Å². The van der Waals surface area contributed by atoms with Gasteiger partial charge in [0.15, 0.2) is 0 Å². The first-order valence-electron chi connectivity index (χ1n) is 8.95. The minimum Gasteiger partial charge on any atom is -0.346 e. The number of hydrogen-bond donors (Lipinski definition) is 1. The number of imidazole rings is 1. The molecule has 2 aromatic heterocycles. The number of nitrogens with one attached hydrogen (secondary N) is 1. The largest absolute Gasteiger partial charge is 0.346 e. The molecule has 1 unspecified atom stereocenters. The molecule has 0 aliphatic carbocycles. The molecule has 144 valence electrons. The van der Waals surface area contributed by atoms with Crippen LogP contribution in [0.3, 0.4) is 0 Å². The van der Waals surface area contributed by atoms with Crippen LogP contribution in [-0.2, 0) is 6.54 Å². The van der Waals surface area contributed by atoms with E-state index in [9.17, 15) is 4.79 Å². The number of amides is 1. The summed E-state index contributed by atoms with van der Waals surface area (Å²) in [5.74, 6) is -0.210. The monoisotopic (exact) mass is 396 g/mol. The molecule has 28 heavy (non-hydrogen) atoms. The number of rotatable bonds is 6. The van der Waals surface area contributed by atoms with Crippen LogP contribution in [0.2, 0.25) is 5.02 Å². The lowest BCUT2D eigenvalue weighted by molar-refractivity contribution is 0.0931. The number of halogens is 1. The van der Waals surface area contributed by atoms with Crippen molar-refractivity contribution in [2.24, 2.45) is 0 Å². The van der Waals surface area contributed by atoms with E-state index in [0.717, 1.165) is 11.3 Å². The van der Waals surface area contributed by atoms with Gasteiger partial charge in [-0.05, 0) is 39.0 Å². The zero-order chi connectivity index (χ0) is 20.3. The summed E-state index contributed by atoms with van der Waals surface area (Å²) in [6.07, 6.45) is 5.25. The predicted octanol–water partition coefficient (Wildman–Crippen LogP) is 3.67. The van der Waals surface area contributed by atoms with Gasteiger partial charge in [-0.2, -0.15) is 10.4 Å². The fourth-order valence-electron chi connectivity index (χ4n) is 2.74. The zero-order valence-corrected chi connectivity index (χ0v) is 16.7. The predicted molar refractivity (Wildman–Crippen MR) is 107 cm³/mol. The van der Waals surface area contributed by atoms with Crippen LogP contribution in [0.25, 0.3) is 11.3 Å². The minimum absolute atomic E-state index is 0.131. The van der Waals surface area contributed by atoms with Crippen LogP contribution in [-0.4, -0.2) is 31.3 Å². The van der Waals surface area contributed by atoms with Crippen LogP contribution in [0.5, 0.6) is 0 Å². The highest BCUT2D eigenvalue weighted by Crippen LogP contribution is 2.24. The van der Waals surface area contributed by atoms with Crippen LogP contribution in [0.1, 0.15) is 42.9 Å². The summed E-state index contributed by atoms with van der Waals surface area (Å²) in [6.45, 7) is 6.49. The Morgan fingerprint density at radius 1 is 1.32 bits per heavy atom. The molecule has 8 heteroatoms. The molecule has 1 aromatic carbocycles. The number of carbonyl (C=O) groups is 1. The fraction of sp³-hybridized carbons (Fsp3) is 0.300. The quantitative estimate of drug-likeness (QED) is 0.688. The number of benzene rings is 1. The molecular weight excluding hydrogens is 376 g/mol. The van der Waals surface area contributed by atoms with Crippen LogP contribution in [0.4, 0.5) is 0 Å². The topological polar surface area (TPSA) is 88.5 Å². The Balaban J connectivity index is 1.63. The third-order valence-electron chi connectivity index (χ3n) is 4.29. The maximum absolute atomic E-state index is 12.3. The van der Waals surface area contributed by atoms with Gasteiger partial charge in [0.05, 0.1) is 29.2 Å². The van der Waals surface area contributed by atoms with E-state index in [1.165, 1.54) is 0 Å². The van der Waals surface area contributed by atoms with Gasteiger partial charge in [0.1, 0.15) is 11.8 Å². The molecule has 0 spiro atoms. The van der Waals surface area contributed by atoms with Gasteiger partial charge in [0.2, 0.25) is 0 Å². The average molecular weight is 397 g/mol. The van der Waals surface area contributed by atoms with Crippen molar-refractivity contribution < 1.29 is 4.79 Å². The molecule has 0 saturated carbocycles. The van der Waals surface area contributed by atoms with E-state index in [1.54, 1.807) is 29.3 Å². The van der Waals surface area contributed by atoms with Crippen molar-refractivity contribution in [1.29, 1.82) is 5.26 Å². The lowest BCUT2D eigenvalue weighted by Gasteiger charge is -2.13. The Morgan fingerprint density at radius 2 is 2.11 bits per heavy atom. The highest BCUT2D eigenvalue weighted by atomic mass is 35.5. The van der Waals surface area contributed by atoms with Crippen molar-refractivity contribution in [2.45, 2.75) is 39.4 Å². The van der Waals surface area contributed by atoms with Gasteiger partial charge in [0, 0.05) is 30.0 Å². The molecule has 1 atom stereocenters. The summed E-state index contributed by atoms with van der Waals surface area (Å²) in [6, 6.07) is 9.25.